The Hall–Kier alpha value is -1.23. The molecule has 4 heteroatoms. The molecule has 1 aliphatic carbocycles. The Morgan fingerprint density at radius 3 is 2.71 bits per heavy atom. The molecule has 1 aromatic carbocycles. The van der Waals surface area contributed by atoms with Crippen LogP contribution in [0.3, 0.4) is 0 Å². The standard InChI is InChI=1S/C20H28N2O2/c1-14(16-8-6-15(12-23)7-9-16)19-10-17(20(24)13-22(19)20)11-21-18-4-2-3-5-18/h6-9,12,14,17-19,21,24H,2-5,10-11,13H2,1H3. The Morgan fingerprint density at radius 2 is 2.04 bits per heavy atom. The number of hydrogen-bond donors (Lipinski definition) is 2. The molecule has 2 heterocycles. The molecular weight excluding hydrogens is 300 g/mol. The normalized spacial score (nSPS) is 36.5. The van der Waals surface area contributed by atoms with Crippen LogP contribution in [0, 0.1) is 5.92 Å². The lowest BCUT2D eigenvalue weighted by molar-refractivity contribution is 0.0607. The van der Waals surface area contributed by atoms with E-state index in [4.69, 9.17) is 0 Å². The number of nitrogens with one attached hydrogen (secondary N) is 1. The molecule has 1 aromatic rings. The van der Waals surface area contributed by atoms with Gasteiger partial charge >= 0.3 is 0 Å². The van der Waals surface area contributed by atoms with Crippen LogP contribution in [-0.4, -0.2) is 47.2 Å². The van der Waals surface area contributed by atoms with E-state index in [1.165, 1.54) is 31.2 Å². The van der Waals surface area contributed by atoms with Crippen molar-refractivity contribution in [3.8, 4) is 0 Å². The highest BCUT2D eigenvalue weighted by Crippen LogP contribution is 2.52. The van der Waals surface area contributed by atoms with E-state index in [9.17, 15) is 9.90 Å². The monoisotopic (exact) mass is 328 g/mol. The molecule has 2 saturated heterocycles. The Labute approximate surface area is 144 Å². The minimum absolute atomic E-state index is 0.333. The first-order valence-electron chi connectivity index (χ1n) is 9.39. The van der Waals surface area contributed by atoms with Crippen LogP contribution in [0.1, 0.15) is 60.9 Å². The fourth-order valence-corrected chi connectivity index (χ4v) is 4.85. The highest BCUT2D eigenvalue weighted by atomic mass is 16.3. The fraction of sp³-hybridized carbons (Fsp3) is 0.650. The second-order valence-electron chi connectivity index (χ2n) is 7.97. The molecule has 1 saturated carbocycles. The van der Waals surface area contributed by atoms with Gasteiger partial charge in [-0.05, 0) is 30.7 Å². The predicted molar refractivity (Wildman–Crippen MR) is 94.1 cm³/mol. The average Bonchev–Trinajstić information content (AvgIpc) is 2.98. The third kappa shape index (κ3) is 2.81. The van der Waals surface area contributed by atoms with Gasteiger partial charge in [-0.2, -0.15) is 0 Å². The molecule has 0 amide bonds. The van der Waals surface area contributed by atoms with Crippen molar-refractivity contribution in [2.75, 3.05) is 13.1 Å². The topological polar surface area (TPSA) is 52.3 Å². The van der Waals surface area contributed by atoms with Crippen LogP contribution in [-0.2, 0) is 0 Å². The SMILES string of the molecule is CC(c1ccc(C=O)cc1)C1CC(CNC2CCCC2)C2(O)CN12. The molecule has 4 rings (SSSR count). The van der Waals surface area contributed by atoms with Crippen molar-refractivity contribution < 1.29 is 9.90 Å². The highest BCUT2D eigenvalue weighted by molar-refractivity contribution is 5.74. The van der Waals surface area contributed by atoms with Crippen LogP contribution in [0.2, 0.25) is 0 Å². The van der Waals surface area contributed by atoms with Crippen molar-refractivity contribution in [3.63, 3.8) is 0 Å². The van der Waals surface area contributed by atoms with Gasteiger partial charge in [0.25, 0.3) is 0 Å². The maximum absolute atomic E-state index is 10.9. The molecule has 5 atom stereocenters. The Morgan fingerprint density at radius 1 is 1.33 bits per heavy atom. The molecule has 0 radical (unpaired) electrons. The van der Waals surface area contributed by atoms with Crippen LogP contribution < -0.4 is 5.32 Å². The van der Waals surface area contributed by atoms with E-state index in [2.05, 4.69) is 29.3 Å². The van der Waals surface area contributed by atoms with E-state index in [1.807, 2.05) is 12.1 Å². The molecule has 4 nitrogen and oxygen atoms in total. The number of aldehydes is 1. The molecule has 2 aliphatic heterocycles. The van der Waals surface area contributed by atoms with Gasteiger partial charge < -0.3 is 10.4 Å². The minimum atomic E-state index is -0.576. The molecule has 2 N–H and O–H groups in total. The third-order valence-corrected chi connectivity index (χ3v) is 6.56. The lowest BCUT2D eigenvalue weighted by Gasteiger charge is -2.24. The molecule has 0 bridgehead atoms. The van der Waals surface area contributed by atoms with Crippen LogP contribution in [0.15, 0.2) is 24.3 Å². The highest BCUT2D eigenvalue weighted by Gasteiger charge is 2.65. The van der Waals surface area contributed by atoms with Crippen LogP contribution >= 0.6 is 0 Å². The van der Waals surface area contributed by atoms with Crippen molar-refractivity contribution in [2.45, 2.75) is 62.8 Å². The van der Waals surface area contributed by atoms with Crippen LogP contribution in [0.25, 0.3) is 0 Å². The first-order valence-corrected chi connectivity index (χ1v) is 9.39. The van der Waals surface area contributed by atoms with E-state index < -0.39 is 5.72 Å². The summed E-state index contributed by atoms with van der Waals surface area (Å²) in [5.74, 6) is 0.705. The van der Waals surface area contributed by atoms with Gasteiger partial charge in [-0.25, -0.2) is 0 Å². The Balaban J connectivity index is 1.40. The number of carbonyl (C=O) groups excluding carboxylic acids is 1. The number of hydrogen-bond acceptors (Lipinski definition) is 4. The zero-order valence-electron chi connectivity index (χ0n) is 14.4. The molecule has 5 unspecified atom stereocenters. The van der Waals surface area contributed by atoms with Gasteiger partial charge in [0.2, 0.25) is 0 Å². The smallest absolute Gasteiger partial charge is 0.150 e. The molecular formula is C20H28N2O2. The van der Waals surface area contributed by atoms with Gasteiger partial charge in [-0.1, -0.05) is 44.0 Å². The van der Waals surface area contributed by atoms with E-state index in [-0.39, 0.29) is 0 Å². The van der Waals surface area contributed by atoms with Gasteiger partial charge in [0, 0.05) is 36.7 Å². The van der Waals surface area contributed by atoms with Gasteiger partial charge in [-0.3, -0.25) is 9.69 Å². The summed E-state index contributed by atoms with van der Waals surface area (Å²) in [6, 6.07) is 8.95. The summed E-state index contributed by atoms with van der Waals surface area (Å²) < 4.78 is 0. The van der Waals surface area contributed by atoms with E-state index >= 15 is 0 Å². The quantitative estimate of drug-likeness (QED) is 0.622. The van der Waals surface area contributed by atoms with Crippen molar-refractivity contribution >= 4 is 6.29 Å². The summed E-state index contributed by atoms with van der Waals surface area (Å²) in [6.45, 7) is 3.99. The van der Waals surface area contributed by atoms with Crippen molar-refractivity contribution in [1.29, 1.82) is 0 Å². The summed E-state index contributed by atoms with van der Waals surface area (Å²) in [5.41, 5.74) is 1.40. The maximum Gasteiger partial charge on any atom is 0.150 e. The Kier molecular flexibility index (Phi) is 4.23. The van der Waals surface area contributed by atoms with Crippen LogP contribution in [0.5, 0.6) is 0 Å². The average molecular weight is 328 g/mol. The van der Waals surface area contributed by atoms with Gasteiger partial charge in [-0.15, -0.1) is 0 Å². The summed E-state index contributed by atoms with van der Waals surface area (Å²) >= 11 is 0. The Bertz CT molecular complexity index is 596. The zero-order chi connectivity index (χ0) is 16.7. The van der Waals surface area contributed by atoms with Crippen molar-refractivity contribution in [1.82, 2.24) is 10.2 Å². The third-order valence-electron chi connectivity index (χ3n) is 6.56. The largest absolute Gasteiger partial charge is 0.374 e. The second-order valence-corrected chi connectivity index (χ2v) is 7.97. The van der Waals surface area contributed by atoms with E-state index in [0.29, 0.717) is 23.9 Å². The van der Waals surface area contributed by atoms with Crippen molar-refractivity contribution in [2.24, 2.45) is 5.92 Å². The zero-order valence-corrected chi connectivity index (χ0v) is 14.4. The number of fused-ring (bicyclic) bond motifs is 1. The number of piperidine rings is 1. The minimum Gasteiger partial charge on any atom is -0.374 e. The lowest BCUT2D eigenvalue weighted by atomic mass is 9.87. The number of rotatable bonds is 6. The molecule has 130 valence electrons. The van der Waals surface area contributed by atoms with Crippen molar-refractivity contribution in [3.05, 3.63) is 35.4 Å². The molecule has 0 aromatic heterocycles. The summed E-state index contributed by atoms with van der Waals surface area (Å²) in [4.78, 5) is 13.1. The fourth-order valence-electron chi connectivity index (χ4n) is 4.85. The first-order chi connectivity index (χ1) is 11.6. The number of aliphatic hydroxyl groups is 1. The maximum atomic E-state index is 10.9. The predicted octanol–water partition coefficient (Wildman–Crippen LogP) is 2.53. The lowest BCUT2D eigenvalue weighted by Crippen LogP contribution is -2.37. The van der Waals surface area contributed by atoms with Gasteiger partial charge in [0.15, 0.2) is 0 Å². The summed E-state index contributed by atoms with van der Waals surface area (Å²) in [6.07, 6.45) is 7.20. The van der Waals surface area contributed by atoms with Gasteiger partial charge in [0.1, 0.15) is 12.0 Å². The second kappa shape index (κ2) is 6.25. The van der Waals surface area contributed by atoms with E-state index in [1.54, 1.807) is 0 Å². The molecule has 0 spiro atoms. The molecule has 3 fully saturated rings. The first kappa shape index (κ1) is 16.2. The van der Waals surface area contributed by atoms with Crippen LogP contribution in [0.4, 0.5) is 0 Å². The molecule has 3 aliphatic rings. The number of carbonyl (C=O) groups is 1. The van der Waals surface area contributed by atoms with Gasteiger partial charge in [0.05, 0.1) is 0 Å². The molecule has 24 heavy (non-hydrogen) atoms. The summed E-state index contributed by atoms with van der Waals surface area (Å²) in [5, 5.41) is 14.6. The number of benzene rings is 1. The number of nitrogens with zero attached hydrogens (tertiary/aromatic N) is 1. The summed E-state index contributed by atoms with van der Waals surface area (Å²) in [7, 11) is 0. The van der Waals surface area contributed by atoms with E-state index in [0.717, 1.165) is 31.4 Å².